The van der Waals surface area contributed by atoms with Crippen molar-refractivity contribution in [3.05, 3.63) is 59.5 Å². The average Bonchev–Trinajstić information content (AvgIpc) is 2.42. The molecule has 1 aliphatic rings. The molecule has 1 saturated heterocycles. The molecule has 0 atom stereocenters. The van der Waals surface area contributed by atoms with Gasteiger partial charge in [-0.05, 0) is 25.1 Å². The maximum absolute atomic E-state index is 13.6. The van der Waals surface area contributed by atoms with E-state index < -0.39 is 5.82 Å². The third-order valence-electron chi connectivity index (χ3n) is 3.39. The fourth-order valence-corrected chi connectivity index (χ4v) is 2.24. The maximum Gasteiger partial charge on any atom is 0.257 e. The number of carbonyl (C=O) groups excluding carboxylic acids is 1. The molecular formula is C16H15FN2O2. The number of likely N-dealkylation sites (tertiary alicyclic amines) is 1. The zero-order valence-corrected chi connectivity index (χ0v) is 11.6. The van der Waals surface area contributed by atoms with Gasteiger partial charge in [0.05, 0.1) is 18.7 Å². The minimum Gasteiger partial charge on any atom is -0.471 e. The zero-order valence-electron chi connectivity index (χ0n) is 11.6. The van der Waals surface area contributed by atoms with Crippen LogP contribution in [0.4, 0.5) is 4.39 Å². The van der Waals surface area contributed by atoms with Crippen molar-refractivity contribution in [2.24, 2.45) is 0 Å². The van der Waals surface area contributed by atoms with Crippen molar-refractivity contribution in [3.63, 3.8) is 0 Å². The summed E-state index contributed by atoms with van der Waals surface area (Å²) >= 11 is 0. The predicted molar refractivity (Wildman–Crippen MR) is 75.7 cm³/mol. The van der Waals surface area contributed by atoms with Gasteiger partial charge >= 0.3 is 0 Å². The van der Waals surface area contributed by atoms with Gasteiger partial charge in [-0.1, -0.05) is 18.2 Å². The van der Waals surface area contributed by atoms with E-state index in [1.165, 1.54) is 12.1 Å². The van der Waals surface area contributed by atoms with Gasteiger partial charge in [-0.2, -0.15) is 0 Å². The highest BCUT2D eigenvalue weighted by atomic mass is 19.1. The largest absolute Gasteiger partial charge is 0.471 e. The fourth-order valence-electron chi connectivity index (χ4n) is 2.24. The van der Waals surface area contributed by atoms with Crippen LogP contribution in [0, 0.1) is 12.7 Å². The summed E-state index contributed by atoms with van der Waals surface area (Å²) in [5.41, 5.74) is 0.982. The Labute approximate surface area is 122 Å². The normalized spacial score (nSPS) is 14.7. The van der Waals surface area contributed by atoms with Crippen molar-refractivity contribution >= 4 is 5.91 Å². The number of amides is 1. The summed E-state index contributed by atoms with van der Waals surface area (Å²) in [6.45, 7) is 2.78. The van der Waals surface area contributed by atoms with Gasteiger partial charge in [0.2, 0.25) is 5.88 Å². The van der Waals surface area contributed by atoms with Gasteiger partial charge in [0.15, 0.2) is 0 Å². The molecule has 0 bridgehead atoms. The standard InChI is InChI=1S/C16H15FN2O2/c1-11-5-4-8-15(18-11)21-12-9-19(10-12)16(20)13-6-2-3-7-14(13)17/h2-8,12H,9-10H2,1H3. The molecule has 21 heavy (non-hydrogen) atoms. The molecule has 108 valence electrons. The molecule has 0 saturated carbocycles. The second-order valence-corrected chi connectivity index (χ2v) is 5.05. The van der Waals surface area contributed by atoms with Gasteiger partial charge in [-0.3, -0.25) is 4.79 Å². The van der Waals surface area contributed by atoms with E-state index in [4.69, 9.17) is 4.74 Å². The topological polar surface area (TPSA) is 42.4 Å². The summed E-state index contributed by atoms with van der Waals surface area (Å²) in [4.78, 5) is 17.9. The molecule has 0 aliphatic carbocycles. The lowest BCUT2D eigenvalue weighted by Crippen LogP contribution is -2.56. The first kappa shape index (κ1) is 13.5. The molecule has 0 spiro atoms. The van der Waals surface area contributed by atoms with Crippen molar-refractivity contribution in [2.45, 2.75) is 13.0 Å². The molecule has 1 aliphatic heterocycles. The Morgan fingerprint density at radius 1 is 1.24 bits per heavy atom. The highest BCUT2D eigenvalue weighted by Gasteiger charge is 2.33. The van der Waals surface area contributed by atoms with E-state index in [1.54, 1.807) is 23.1 Å². The lowest BCUT2D eigenvalue weighted by molar-refractivity contribution is 0.0156. The molecule has 1 aromatic carbocycles. The van der Waals surface area contributed by atoms with Gasteiger partial charge in [-0.15, -0.1) is 0 Å². The second-order valence-electron chi connectivity index (χ2n) is 5.05. The molecule has 1 amide bonds. The minimum atomic E-state index is -0.493. The molecule has 2 aromatic rings. The molecule has 4 nitrogen and oxygen atoms in total. The predicted octanol–water partition coefficient (Wildman–Crippen LogP) is 2.43. The molecule has 1 fully saturated rings. The number of carbonyl (C=O) groups is 1. The summed E-state index contributed by atoms with van der Waals surface area (Å²) in [7, 11) is 0. The number of ether oxygens (including phenoxy) is 1. The Kier molecular flexibility index (Phi) is 3.56. The lowest BCUT2D eigenvalue weighted by atomic mass is 10.1. The van der Waals surface area contributed by atoms with Crippen LogP contribution in [0.25, 0.3) is 0 Å². The van der Waals surface area contributed by atoms with Crippen LogP contribution in [0.15, 0.2) is 42.5 Å². The monoisotopic (exact) mass is 286 g/mol. The lowest BCUT2D eigenvalue weighted by Gasteiger charge is -2.38. The second kappa shape index (κ2) is 5.52. The van der Waals surface area contributed by atoms with Gasteiger partial charge in [0.1, 0.15) is 11.9 Å². The number of hydrogen-bond acceptors (Lipinski definition) is 3. The molecular weight excluding hydrogens is 271 g/mol. The van der Waals surface area contributed by atoms with Crippen LogP contribution in [-0.4, -0.2) is 35.0 Å². The van der Waals surface area contributed by atoms with E-state index in [9.17, 15) is 9.18 Å². The first-order valence-electron chi connectivity index (χ1n) is 6.77. The maximum atomic E-state index is 13.6. The highest BCUT2D eigenvalue weighted by molar-refractivity contribution is 5.95. The van der Waals surface area contributed by atoms with Gasteiger partial charge in [0, 0.05) is 11.8 Å². The summed E-state index contributed by atoms with van der Waals surface area (Å²) in [5.74, 6) is -0.240. The van der Waals surface area contributed by atoms with Crippen LogP contribution in [0.1, 0.15) is 16.1 Å². The van der Waals surface area contributed by atoms with E-state index in [0.717, 1.165) is 5.69 Å². The fraction of sp³-hybridized carbons (Fsp3) is 0.250. The number of benzene rings is 1. The van der Waals surface area contributed by atoms with Crippen molar-refractivity contribution < 1.29 is 13.9 Å². The Bertz CT molecular complexity index is 669. The first-order chi connectivity index (χ1) is 10.1. The molecule has 1 aromatic heterocycles. The van der Waals surface area contributed by atoms with Crippen LogP contribution >= 0.6 is 0 Å². The van der Waals surface area contributed by atoms with E-state index in [-0.39, 0.29) is 17.6 Å². The molecule has 0 radical (unpaired) electrons. The van der Waals surface area contributed by atoms with Gasteiger partial charge in [0.25, 0.3) is 5.91 Å². The van der Waals surface area contributed by atoms with Gasteiger partial charge < -0.3 is 9.64 Å². The average molecular weight is 286 g/mol. The van der Waals surface area contributed by atoms with Crippen molar-refractivity contribution in [1.29, 1.82) is 0 Å². The Balaban J connectivity index is 1.59. The third-order valence-corrected chi connectivity index (χ3v) is 3.39. The van der Waals surface area contributed by atoms with Gasteiger partial charge in [-0.25, -0.2) is 9.37 Å². The molecule has 3 rings (SSSR count). The first-order valence-corrected chi connectivity index (χ1v) is 6.77. The molecule has 0 unspecified atom stereocenters. The van der Waals surface area contributed by atoms with E-state index >= 15 is 0 Å². The van der Waals surface area contributed by atoms with Crippen LogP contribution in [0.3, 0.4) is 0 Å². The Morgan fingerprint density at radius 2 is 2.00 bits per heavy atom. The number of halogens is 1. The van der Waals surface area contributed by atoms with Crippen LogP contribution < -0.4 is 4.74 Å². The third kappa shape index (κ3) is 2.86. The van der Waals surface area contributed by atoms with Crippen molar-refractivity contribution in [1.82, 2.24) is 9.88 Å². The molecule has 0 N–H and O–H groups in total. The number of hydrogen-bond donors (Lipinski definition) is 0. The van der Waals surface area contributed by atoms with Crippen LogP contribution in [0.2, 0.25) is 0 Å². The smallest absolute Gasteiger partial charge is 0.257 e. The summed E-state index contributed by atoms with van der Waals surface area (Å²) in [5, 5.41) is 0. The van der Waals surface area contributed by atoms with Crippen LogP contribution in [-0.2, 0) is 0 Å². The van der Waals surface area contributed by atoms with E-state index in [1.807, 2.05) is 19.1 Å². The van der Waals surface area contributed by atoms with E-state index in [2.05, 4.69) is 4.98 Å². The number of aromatic nitrogens is 1. The van der Waals surface area contributed by atoms with Crippen molar-refractivity contribution in [3.8, 4) is 5.88 Å². The van der Waals surface area contributed by atoms with Crippen LogP contribution in [0.5, 0.6) is 5.88 Å². The quantitative estimate of drug-likeness (QED) is 0.870. The van der Waals surface area contributed by atoms with E-state index in [0.29, 0.717) is 19.0 Å². The zero-order chi connectivity index (χ0) is 14.8. The van der Waals surface area contributed by atoms with Crippen molar-refractivity contribution in [2.75, 3.05) is 13.1 Å². The number of nitrogens with zero attached hydrogens (tertiary/aromatic N) is 2. The number of aryl methyl sites for hydroxylation is 1. The SMILES string of the molecule is Cc1cccc(OC2CN(C(=O)c3ccccc3F)C2)n1. The minimum absolute atomic E-state index is 0.0879. The number of rotatable bonds is 3. The summed E-state index contributed by atoms with van der Waals surface area (Å²) in [6, 6.07) is 11.6. The molecule has 2 heterocycles. The Morgan fingerprint density at radius 3 is 2.71 bits per heavy atom. The number of pyridine rings is 1. The summed E-state index contributed by atoms with van der Waals surface area (Å²) < 4.78 is 19.2. The Hall–Kier alpha value is -2.43. The highest BCUT2D eigenvalue weighted by Crippen LogP contribution is 2.19. The summed E-state index contributed by atoms with van der Waals surface area (Å²) in [6.07, 6.45) is -0.0879. The molecule has 5 heteroatoms.